The van der Waals surface area contributed by atoms with E-state index in [1.165, 1.54) is 0 Å². The molecule has 202 valence electrons. The summed E-state index contributed by atoms with van der Waals surface area (Å²) >= 11 is 5.20. The molecule has 0 bridgehead atoms. The summed E-state index contributed by atoms with van der Waals surface area (Å²) in [4.78, 5) is 27.7. The van der Waals surface area contributed by atoms with Gasteiger partial charge in [0.25, 0.3) is 11.8 Å². The third-order valence-electron chi connectivity index (χ3n) is 6.78. The largest absolute Gasteiger partial charge is 0.321 e. The Hall–Kier alpha value is -4.44. The smallest absolute Gasteiger partial charge is 0.276 e. The van der Waals surface area contributed by atoms with Gasteiger partial charge in [0.2, 0.25) is 0 Å². The van der Waals surface area contributed by atoms with Gasteiger partial charge >= 0.3 is 0 Å². The number of benzene rings is 5. The van der Waals surface area contributed by atoms with E-state index in [4.69, 9.17) is 12.6 Å². The zero-order valence-corrected chi connectivity index (χ0v) is 24.4. The Kier molecular flexibility index (Phi) is 8.79. The van der Waals surface area contributed by atoms with Gasteiger partial charge in [0.1, 0.15) is 15.9 Å². The lowest BCUT2D eigenvalue weighted by molar-refractivity contribution is -0.113. The number of amides is 2. The van der Waals surface area contributed by atoms with Crippen LogP contribution in [0.3, 0.4) is 0 Å². The number of nitrogens with one attached hydrogen (secondary N) is 2. The molecular formula is C35H30N2O2PS+. The highest BCUT2D eigenvalue weighted by atomic mass is 32.1. The Labute approximate surface area is 246 Å². The zero-order valence-electron chi connectivity index (χ0n) is 22.6. The number of carbonyl (C=O) groups is 2. The fraction of sp³-hybridized carbons (Fsp3) is 0.0286. The SMILES string of the molecule is Cc1ccc(NC(=O)/C(NC(=O)c2ccccc2)=C(/S)[P+](c2ccccc2)(c2ccccc2)c2ccccc2)cc1. The van der Waals surface area contributed by atoms with Crippen molar-refractivity contribution in [2.75, 3.05) is 5.32 Å². The highest BCUT2D eigenvalue weighted by Gasteiger charge is 2.51. The first kappa shape index (κ1) is 28.1. The van der Waals surface area contributed by atoms with E-state index in [0.717, 1.165) is 21.5 Å². The van der Waals surface area contributed by atoms with Crippen molar-refractivity contribution in [3.63, 3.8) is 0 Å². The Bertz CT molecular complexity index is 1560. The molecule has 5 rings (SSSR count). The molecule has 0 aliphatic rings. The van der Waals surface area contributed by atoms with Gasteiger partial charge in [-0.2, -0.15) is 0 Å². The minimum Gasteiger partial charge on any atom is -0.321 e. The van der Waals surface area contributed by atoms with Crippen molar-refractivity contribution in [3.05, 3.63) is 167 Å². The molecule has 6 heteroatoms. The summed E-state index contributed by atoms with van der Waals surface area (Å²) in [6.07, 6.45) is 0. The molecule has 41 heavy (non-hydrogen) atoms. The summed E-state index contributed by atoms with van der Waals surface area (Å²) in [6.45, 7) is 1.99. The molecule has 4 nitrogen and oxygen atoms in total. The fourth-order valence-corrected chi connectivity index (χ4v) is 9.93. The first-order valence-electron chi connectivity index (χ1n) is 13.2. The van der Waals surface area contributed by atoms with Gasteiger partial charge < -0.3 is 10.6 Å². The van der Waals surface area contributed by atoms with Crippen molar-refractivity contribution >= 4 is 53.3 Å². The van der Waals surface area contributed by atoms with Gasteiger partial charge in [0, 0.05) is 11.3 Å². The lowest BCUT2D eigenvalue weighted by atomic mass is 10.2. The summed E-state index contributed by atoms with van der Waals surface area (Å²) < 4.78 is 0.495. The van der Waals surface area contributed by atoms with Crippen LogP contribution in [0.5, 0.6) is 0 Å². The Morgan fingerprint density at radius 2 is 1.00 bits per heavy atom. The molecule has 0 saturated heterocycles. The van der Waals surface area contributed by atoms with Crippen LogP contribution in [0.25, 0.3) is 0 Å². The van der Waals surface area contributed by atoms with Gasteiger partial charge in [-0.25, -0.2) is 0 Å². The van der Waals surface area contributed by atoms with Crippen LogP contribution in [-0.4, -0.2) is 11.8 Å². The third-order valence-corrected chi connectivity index (χ3v) is 12.0. The summed E-state index contributed by atoms with van der Waals surface area (Å²) in [5.41, 5.74) is 2.24. The van der Waals surface area contributed by atoms with E-state index in [-0.39, 0.29) is 5.70 Å². The normalized spacial score (nSPS) is 11.8. The molecule has 0 aliphatic heterocycles. The Morgan fingerprint density at radius 1 is 0.585 bits per heavy atom. The molecule has 5 aromatic carbocycles. The van der Waals surface area contributed by atoms with Crippen LogP contribution in [0.1, 0.15) is 15.9 Å². The molecule has 2 amide bonds. The van der Waals surface area contributed by atoms with Crippen molar-refractivity contribution < 1.29 is 9.59 Å². The van der Waals surface area contributed by atoms with Crippen LogP contribution in [0.15, 0.2) is 156 Å². The molecule has 0 unspecified atom stereocenters. The third kappa shape index (κ3) is 6.02. The highest BCUT2D eigenvalue weighted by molar-refractivity contribution is 8.11. The van der Waals surface area contributed by atoms with Gasteiger partial charge in [0.15, 0.2) is 17.6 Å². The lowest BCUT2D eigenvalue weighted by Crippen LogP contribution is -2.37. The van der Waals surface area contributed by atoms with Crippen LogP contribution < -0.4 is 26.5 Å². The van der Waals surface area contributed by atoms with Gasteiger partial charge in [-0.1, -0.05) is 90.5 Å². The number of anilines is 1. The van der Waals surface area contributed by atoms with E-state index < -0.39 is 19.1 Å². The van der Waals surface area contributed by atoms with Crippen LogP contribution in [-0.2, 0) is 4.79 Å². The van der Waals surface area contributed by atoms with Crippen molar-refractivity contribution in [2.24, 2.45) is 0 Å². The number of thiol groups is 1. The monoisotopic (exact) mass is 573 g/mol. The minimum absolute atomic E-state index is 0.104. The molecular weight excluding hydrogens is 543 g/mol. The van der Waals surface area contributed by atoms with Crippen LogP contribution in [0.4, 0.5) is 5.69 Å². The molecule has 0 fully saturated rings. The molecule has 5 aromatic rings. The van der Waals surface area contributed by atoms with Crippen molar-refractivity contribution in [1.82, 2.24) is 5.32 Å². The van der Waals surface area contributed by atoms with E-state index in [9.17, 15) is 9.59 Å². The van der Waals surface area contributed by atoms with Crippen LogP contribution in [0, 0.1) is 6.92 Å². The van der Waals surface area contributed by atoms with Gasteiger partial charge in [-0.3, -0.25) is 9.59 Å². The molecule has 0 atom stereocenters. The first-order chi connectivity index (χ1) is 20.0. The molecule has 0 aromatic heterocycles. The predicted molar refractivity (Wildman–Crippen MR) is 175 cm³/mol. The maximum Gasteiger partial charge on any atom is 0.276 e. The summed E-state index contributed by atoms with van der Waals surface area (Å²) in [7, 11) is -2.75. The van der Waals surface area contributed by atoms with Crippen molar-refractivity contribution in [3.8, 4) is 0 Å². The second-order valence-electron chi connectivity index (χ2n) is 9.52. The fourth-order valence-electron chi connectivity index (χ4n) is 4.76. The molecule has 0 radical (unpaired) electrons. The quantitative estimate of drug-likeness (QED) is 0.113. The molecule has 2 N–H and O–H groups in total. The molecule has 0 aliphatic carbocycles. The van der Waals surface area contributed by atoms with Gasteiger partial charge in [-0.05, 0) is 67.6 Å². The summed E-state index contributed by atoms with van der Waals surface area (Å²) in [5, 5.41) is 8.98. The summed E-state index contributed by atoms with van der Waals surface area (Å²) in [6, 6.07) is 46.7. The van der Waals surface area contributed by atoms with E-state index in [0.29, 0.717) is 15.9 Å². The van der Waals surface area contributed by atoms with Crippen LogP contribution >= 0.6 is 19.9 Å². The maximum atomic E-state index is 14.1. The molecule has 0 saturated carbocycles. The number of hydrogen-bond acceptors (Lipinski definition) is 3. The predicted octanol–water partition coefficient (Wildman–Crippen LogP) is 6.46. The highest BCUT2D eigenvalue weighted by Crippen LogP contribution is 2.64. The average molecular weight is 574 g/mol. The molecule has 0 spiro atoms. The number of rotatable bonds is 8. The average Bonchev–Trinajstić information content (AvgIpc) is 3.03. The van der Waals surface area contributed by atoms with Crippen LogP contribution in [0.2, 0.25) is 0 Å². The first-order valence-corrected chi connectivity index (χ1v) is 15.5. The second kappa shape index (κ2) is 12.8. The van der Waals surface area contributed by atoms with E-state index >= 15 is 0 Å². The van der Waals surface area contributed by atoms with Crippen molar-refractivity contribution in [1.29, 1.82) is 0 Å². The zero-order chi connectivity index (χ0) is 28.7. The standard InChI is InChI=1S/C35H29N2O2PS/c1-26-22-24-28(25-23-26)36-34(39)32(37-33(38)27-14-6-2-7-15-27)35(41)40(29-16-8-3-9-17-29,30-18-10-4-11-19-30)31-20-12-5-13-21-31/h2-25H,1H3,(H2-,36,37,38,39,41)/p+1. The molecule has 0 heterocycles. The minimum atomic E-state index is -2.75. The lowest BCUT2D eigenvalue weighted by Gasteiger charge is -2.28. The van der Waals surface area contributed by atoms with E-state index in [1.807, 2.05) is 91.9 Å². The van der Waals surface area contributed by atoms with Gasteiger partial charge in [0.05, 0.1) is 0 Å². The van der Waals surface area contributed by atoms with Crippen molar-refractivity contribution in [2.45, 2.75) is 6.92 Å². The number of aryl methyl sites for hydroxylation is 1. The van der Waals surface area contributed by atoms with Gasteiger partial charge in [-0.15, -0.1) is 12.6 Å². The Morgan fingerprint density at radius 3 is 1.44 bits per heavy atom. The Balaban J connectivity index is 1.78. The number of carbonyl (C=O) groups excluding carboxylic acids is 2. The van der Waals surface area contributed by atoms with E-state index in [2.05, 4.69) is 47.0 Å². The maximum absolute atomic E-state index is 14.1. The second-order valence-corrected chi connectivity index (χ2v) is 13.7. The summed E-state index contributed by atoms with van der Waals surface area (Å²) in [5.74, 6) is -0.839. The number of hydrogen-bond donors (Lipinski definition) is 3. The topological polar surface area (TPSA) is 58.2 Å². The van der Waals surface area contributed by atoms with E-state index in [1.54, 1.807) is 24.3 Å².